The molecule has 1 aromatic rings. The van der Waals surface area contributed by atoms with Crippen LogP contribution in [0.5, 0.6) is 5.75 Å². The summed E-state index contributed by atoms with van der Waals surface area (Å²) in [6, 6.07) is 0.598. The van der Waals surface area contributed by atoms with E-state index in [0.717, 1.165) is 0 Å². The molecule has 2 nitrogen and oxygen atoms in total. The number of nitrogen functional groups attached to an aromatic ring is 1. The first-order valence-electron chi connectivity index (χ1n) is 2.97. The Morgan fingerprint density at radius 1 is 1.36 bits per heavy atom. The zero-order valence-corrected chi connectivity index (χ0v) is 5.86. The van der Waals surface area contributed by atoms with Crippen molar-refractivity contribution in [1.82, 2.24) is 0 Å². The van der Waals surface area contributed by atoms with Crippen LogP contribution < -0.4 is 5.73 Å². The van der Waals surface area contributed by atoms with E-state index in [2.05, 4.69) is 0 Å². The van der Waals surface area contributed by atoms with Crippen LogP contribution in [-0.4, -0.2) is 5.11 Å². The highest BCUT2D eigenvalue weighted by atomic mass is 19.1. The molecule has 0 radical (unpaired) electrons. The van der Waals surface area contributed by atoms with Crippen LogP contribution >= 0.6 is 0 Å². The number of rotatable bonds is 0. The lowest BCUT2D eigenvalue weighted by atomic mass is 10.2. The van der Waals surface area contributed by atoms with Crippen LogP contribution in [0.1, 0.15) is 5.56 Å². The molecule has 0 aliphatic carbocycles. The molecule has 0 aromatic heterocycles. The van der Waals surface area contributed by atoms with E-state index in [0.29, 0.717) is 6.07 Å². The first-order chi connectivity index (χ1) is 5.04. The van der Waals surface area contributed by atoms with Gasteiger partial charge in [0.05, 0.1) is 5.69 Å². The van der Waals surface area contributed by atoms with E-state index in [4.69, 9.17) is 10.8 Å². The van der Waals surface area contributed by atoms with Crippen LogP contribution in [0.4, 0.5) is 14.5 Å². The van der Waals surface area contributed by atoms with Gasteiger partial charge in [0.25, 0.3) is 0 Å². The van der Waals surface area contributed by atoms with Crippen LogP contribution in [0, 0.1) is 18.6 Å². The smallest absolute Gasteiger partial charge is 0.175 e. The van der Waals surface area contributed by atoms with Gasteiger partial charge in [0.2, 0.25) is 0 Å². The lowest BCUT2D eigenvalue weighted by Crippen LogP contribution is -1.95. The first kappa shape index (κ1) is 7.78. The van der Waals surface area contributed by atoms with Gasteiger partial charge < -0.3 is 10.8 Å². The van der Waals surface area contributed by atoms with Gasteiger partial charge >= 0.3 is 0 Å². The summed E-state index contributed by atoms with van der Waals surface area (Å²) in [4.78, 5) is 0. The SMILES string of the molecule is Cc1c(F)cc(F)c(O)c1N. The van der Waals surface area contributed by atoms with Crippen LogP contribution in [0.15, 0.2) is 6.07 Å². The highest BCUT2D eigenvalue weighted by Gasteiger charge is 2.11. The van der Waals surface area contributed by atoms with E-state index in [1.165, 1.54) is 6.92 Å². The fourth-order valence-corrected chi connectivity index (χ4v) is 0.723. The van der Waals surface area contributed by atoms with Gasteiger partial charge in [-0.25, -0.2) is 8.78 Å². The predicted molar refractivity (Wildman–Crippen MR) is 37.2 cm³/mol. The maximum absolute atomic E-state index is 12.6. The molecule has 1 rings (SSSR count). The molecule has 0 atom stereocenters. The number of phenols is 1. The minimum atomic E-state index is -1.04. The van der Waals surface area contributed by atoms with E-state index < -0.39 is 17.4 Å². The highest BCUT2D eigenvalue weighted by molar-refractivity contribution is 5.58. The largest absolute Gasteiger partial charge is 0.503 e. The third-order valence-electron chi connectivity index (χ3n) is 1.50. The van der Waals surface area contributed by atoms with Crippen molar-refractivity contribution in [2.75, 3.05) is 5.73 Å². The van der Waals surface area contributed by atoms with E-state index in [9.17, 15) is 8.78 Å². The zero-order chi connectivity index (χ0) is 8.59. The molecule has 0 saturated heterocycles. The van der Waals surface area contributed by atoms with Crippen molar-refractivity contribution in [2.24, 2.45) is 0 Å². The van der Waals surface area contributed by atoms with E-state index >= 15 is 0 Å². The average Bonchev–Trinajstić information content (AvgIpc) is 1.97. The minimum absolute atomic E-state index is 0.0592. The molecule has 0 saturated carbocycles. The molecular weight excluding hydrogens is 152 g/mol. The molecule has 0 aliphatic heterocycles. The summed E-state index contributed by atoms with van der Waals surface area (Å²) < 4.78 is 25.0. The maximum atomic E-state index is 12.6. The monoisotopic (exact) mass is 159 g/mol. The lowest BCUT2D eigenvalue weighted by molar-refractivity contribution is 0.430. The van der Waals surface area contributed by atoms with Gasteiger partial charge in [-0.3, -0.25) is 0 Å². The molecule has 4 heteroatoms. The van der Waals surface area contributed by atoms with E-state index in [-0.39, 0.29) is 11.3 Å². The lowest BCUT2D eigenvalue weighted by Gasteiger charge is -2.04. The minimum Gasteiger partial charge on any atom is -0.503 e. The Morgan fingerprint density at radius 3 is 2.45 bits per heavy atom. The number of hydrogen-bond acceptors (Lipinski definition) is 2. The number of nitrogens with two attached hydrogens (primary N) is 1. The summed E-state index contributed by atoms with van der Waals surface area (Å²) in [7, 11) is 0. The number of phenolic OH excluding ortho intramolecular Hbond substituents is 1. The molecule has 0 heterocycles. The van der Waals surface area contributed by atoms with Crippen molar-refractivity contribution in [3.8, 4) is 5.75 Å². The molecule has 0 amide bonds. The van der Waals surface area contributed by atoms with Gasteiger partial charge in [-0.1, -0.05) is 0 Å². The highest BCUT2D eigenvalue weighted by Crippen LogP contribution is 2.28. The summed E-state index contributed by atoms with van der Waals surface area (Å²) >= 11 is 0. The Labute approximate surface area is 62.3 Å². The van der Waals surface area contributed by atoms with Crippen LogP contribution in [0.2, 0.25) is 0 Å². The van der Waals surface area contributed by atoms with Crippen molar-refractivity contribution in [2.45, 2.75) is 6.92 Å². The number of benzene rings is 1. The second-order valence-electron chi connectivity index (χ2n) is 2.23. The van der Waals surface area contributed by atoms with Crippen LogP contribution in [-0.2, 0) is 0 Å². The predicted octanol–water partition coefficient (Wildman–Crippen LogP) is 1.56. The van der Waals surface area contributed by atoms with Crippen molar-refractivity contribution < 1.29 is 13.9 Å². The molecule has 0 spiro atoms. The van der Waals surface area contributed by atoms with Gasteiger partial charge in [0, 0.05) is 11.6 Å². The first-order valence-corrected chi connectivity index (χ1v) is 2.97. The number of anilines is 1. The van der Waals surface area contributed by atoms with Crippen molar-refractivity contribution >= 4 is 5.69 Å². The summed E-state index contributed by atoms with van der Waals surface area (Å²) in [6.07, 6.45) is 0. The van der Waals surface area contributed by atoms with Crippen LogP contribution in [0.25, 0.3) is 0 Å². The van der Waals surface area contributed by atoms with Gasteiger partial charge in [0.15, 0.2) is 11.6 Å². The molecule has 3 N–H and O–H groups in total. The third kappa shape index (κ3) is 1.11. The summed E-state index contributed by atoms with van der Waals surface area (Å²) in [5.74, 6) is -2.48. The summed E-state index contributed by atoms with van der Waals surface area (Å²) in [5.41, 5.74) is 4.97. The zero-order valence-electron chi connectivity index (χ0n) is 5.86. The topological polar surface area (TPSA) is 46.2 Å². The summed E-state index contributed by atoms with van der Waals surface area (Å²) in [6.45, 7) is 1.36. The molecule has 0 unspecified atom stereocenters. The Hall–Kier alpha value is -1.32. The van der Waals surface area contributed by atoms with Crippen LogP contribution in [0.3, 0.4) is 0 Å². The maximum Gasteiger partial charge on any atom is 0.175 e. The second kappa shape index (κ2) is 2.38. The van der Waals surface area contributed by atoms with E-state index in [1.54, 1.807) is 0 Å². The standard InChI is InChI=1S/C7H7F2NO/c1-3-4(8)2-5(9)7(11)6(3)10/h2,11H,10H2,1H3. The Morgan fingerprint density at radius 2 is 1.91 bits per heavy atom. The van der Waals surface area contributed by atoms with Crippen molar-refractivity contribution in [1.29, 1.82) is 0 Å². The van der Waals surface area contributed by atoms with Crippen molar-refractivity contribution in [3.05, 3.63) is 23.3 Å². The summed E-state index contributed by atoms with van der Waals surface area (Å²) in [5, 5.41) is 8.84. The number of halogens is 2. The molecule has 0 aliphatic rings. The fraction of sp³-hybridized carbons (Fsp3) is 0.143. The molecule has 11 heavy (non-hydrogen) atoms. The van der Waals surface area contributed by atoms with Gasteiger partial charge in [-0.05, 0) is 6.92 Å². The molecule has 60 valence electrons. The molecule has 1 aromatic carbocycles. The van der Waals surface area contributed by atoms with Gasteiger partial charge in [-0.15, -0.1) is 0 Å². The molecular formula is C7H7F2NO. The Balaban J connectivity index is 3.46. The Kier molecular flexibility index (Phi) is 1.68. The quantitative estimate of drug-likeness (QED) is 0.445. The van der Waals surface area contributed by atoms with Crippen molar-refractivity contribution in [3.63, 3.8) is 0 Å². The van der Waals surface area contributed by atoms with E-state index in [1.807, 2.05) is 0 Å². The fourth-order valence-electron chi connectivity index (χ4n) is 0.723. The molecule has 0 bridgehead atoms. The molecule has 0 fully saturated rings. The number of aromatic hydroxyl groups is 1. The second-order valence-corrected chi connectivity index (χ2v) is 2.23. The normalized spacial score (nSPS) is 10.1. The third-order valence-corrected chi connectivity index (χ3v) is 1.50. The average molecular weight is 159 g/mol. The Bertz CT molecular complexity index is 273. The van der Waals surface area contributed by atoms with Gasteiger partial charge in [-0.2, -0.15) is 0 Å². The van der Waals surface area contributed by atoms with Gasteiger partial charge in [0.1, 0.15) is 5.82 Å². The number of hydrogen-bond donors (Lipinski definition) is 2.